The molecule has 0 saturated heterocycles. The second-order valence-corrected chi connectivity index (χ2v) is 17.4. The third-order valence-corrected chi connectivity index (χ3v) is 10.5. The van der Waals surface area contributed by atoms with Crippen LogP contribution < -0.4 is 0 Å². The van der Waals surface area contributed by atoms with E-state index in [1.807, 2.05) is 142 Å². The number of Topliss-reactive ketones (excluding diaryl/α,β-unsaturated/α-hetero) is 2. The van der Waals surface area contributed by atoms with Crippen LogP contribution in [0.3, 0.4) is 0 Å². The molecule has 0 fully saturated rings. The van der Waals surface area contributed by atoms with Gasteiger partial charge in [-0.05, 0) is 108 Å². The Hall–Kier alpha value is -4.62. The molecule has 2 aliphatic rings. The van der Waals surface area contributed by atoms with E-state index in [2.05, 4.69) is 65.8 Å². The van der Waals surface area contributed by atoms with Crippen LogP contribution in [-0.4, -0.2) is 61.3 Å². The Labute approximate surface area is 377 Å². The van der Waals surface area contributed by atoms with Crippen molar-refractivity contribution in [2.45, 2.75) is 161 Å². The molecule has 62 heavy (non-hydrogen) atoms. The molecule has 0 N–H and O–H groups in total. The maximum Gasteiger partial charge on any atom is 0.306 e. The quantitative estimate of drug-likeness (QED) is 0.0944. The summed E-state index contributed by atoms with van der Waals surface area (Å²) >= 11 is 0. The van der Waals surface area contributed by atoms with Crippen molar-refractivity contribution in [1.29, 1.82) is 0 Å². The highest BCUT2D eigenvalue weighted by molar-refractivity contribution is 6.02. The molecule has 0 aromatic heterocycles. The summed E-state index contributed by atoms with van der Waals surface area (Å²) < 4.78 is 11.2. The van der Waals surface area contributed by atoms with Crippen LogP contribution >= 0.6 is 0 Å². The smallest absolute Gasteiger partial charge is 0.306 e. The molecule has 344 valence electrons. The minimum Gasteiger partial charge on any atom is -0.454 e. The normalized spacial score (nSPS) is 20.2. The number of hydrogen-bond acceptors (Lipinski definition) is 7. The van der Waals surface area contributed by atoms with Gasteiger partial charge in [-0.1, -0.05) is 176 Å². The van der Waals surface area contributed by atoms with E-state index in [1.165, 1.54) is 0 Å². The number of hydrogen-bond donors (Lipinski definition) is 0. The standard InChI is InChI=1S/C51H71NO6.2C2H6/c1-14-15-27-46(53)57-44-34-50(8,9)42(40(6)48(44)55)31-29-38(4)25-18-23-36(2)21-16-17-22-37(3)24-19-26-39(5)30-32-43-41(7)49(56)45(35-51(43,10)11)58-47(54)28-20-33-52(12)13;2*1-2/h16-19,21-26,29-32,44-45H,14-15,20,27-28,33-35H2,1-13H3;2*1-2H3/b17-16+,23-18+,24-19+,31-29+,32-30+,36-21+,37-22+,38-25+,39-26+;;. The lowest BCUT2D eigenvalue weighted by molar-refractivity contribution is -0.156. The van der Waals surface area contributed by atoms with E-state index in [0.717, 1.165) is 52.8 Å². The summed E-state index contributed by atoms with van der Waals surface area (Å²) in [5.41, 5.74) is 6.97. The van der Waals surface area contributed by atoms with E-state index in [1.54, 1.807) is 0 Å². The largest absolute Gasteiger partial charge is 0.454 e. The first kappa shape index (κ1) is 57.4. The SMILES string of the molecule is CC.CC.CCCCC(=O)OC1CC(C)(C)C(/C=C/C(C)=C/C=C/C(C)=C/C=C/C=C(C)/C=C/C=C(C)/C=C/C2=C(C)C(=O)C(OC(=O)CCCN(C)C)CC2(C)C)=C(C)C1=O. The van der Waals surface area contributed by atoms with Crippen LogP contribution in [0.5, 0.6) is 0 Å². The van der Waals surface area contributed by atoms with Gasteiger partial charge in [0.2, 0.25) is 0 Å². The average Bonchev–Trinajstić information content (AvgIpc) is 3.20. The number of ether oxygens (including phenoxy) is 2. The fourth-order valence-electron chi connectivity index (χ4n) is 7.05. The lowest BCUT2D eigenvalue weighted by atomic mass is 9.71. The summed E-state index contributed by atoms with van der Waals surface area (Å²) in [5.74, 6) is -0.826. The van der Waals surface area contributed by atoms with Crippen molar-refractivity contribution >= 4 is 23.5 Å². The zero-order valence-electron chi connectivity index (χ0n) is 41.8. The fraction of sp³-hybridized carbons (Fsp3) is 0.527. The Kier molecular flexibility index (Phi) is 27.4. The molecule has 0 spiro atoms. The summed E-state index contributed by atoms with van der Waals surface area (Å²) in [6.07, 6.45) is 31.0. The summed E-state index contributed by atoms with van der Waals surface area (Å²) in [4.78, 5) is 52.8. The topological polar surface area (TPSA) is 90.0 Å². The highest BCUT2D eigenvalue weighted by atomic mass is 16.6. The Balaban J connectivity index is 0.00000902. The second kappa shape index (κ2) is 29.6. The van der Waals surface area contributed by atoms with Crippen LogP contribution in [0.15, 0.2) is 130 Å². The van der Waals surface area contributed by atoms with Crippen molar-refractivity contribution in [1.82, 2.24) is 4.90 Å². The van der Waals surface area contributed by atoms with E-state index in [-0.39, 0.29) is 34.3 Å². The third-order valence-electron chi connectivity index (χ3n) is 10.5. The van der Waals surface area contributed by atoms with Crippen LogP contribution in [0.4, 0.5) is 0 Å². The Morgan fingerprint density at radius 1 is 0.597 bits per heavy atom. The first-order valence-corrected chi connectivity index (χ1v) is 22.8. The van der Waals surface area contributed by atoms with E-state index in [4.69, 9.17) is 9.47 Å². The Morgan fingerprint density at radius 2 is 0.935 bits per heavy atom. The van der Waals surface area contributed by atoms with Gasteiger partial charge >= 0.3 is 11.9 Å². The van der Waals surface area contributed by atoms with Gasteiger partial charge in [-0.3, -0.25) is 19.2 Å². The van der Waals surface area contributed by atoms with Gasteiger partial charge in [-0.15, -0.1) is 0 Å². The van der Waals surface area contributed by atoms with Crippen molar-refractivity contribution in [3.8, 4) is 0 Å². The van der Waals surface area contributed by atoms with Crippen LogP contribution in [0.1, 0.15) is 149 Å². The number of nitrogens with zero attached hydrogens (tertiary/aromatic N) is 1. The van der Waals surface area contributed by atoms with Gasteiger partial charge in [0, 0.05) is 25.7 Å². The molecule has 2 rings (SSSR count). The number of allylic oxidation sites excluding steroid dienone is 20. The maximum atomic E-state index is 13.1. The molecule has 0 aromatic carbocycles. The molecule has 7 heteroatoms. The number of unbranched alkanes of at least 4 members (excludes halogenated alkanes) is 1. The van der Waals surface area contributed by atoms with Crippen molar-refractivity contribution in [2.75, 3.05) is 20.6 Å². The maximum absolute atomic E-state index is 13.1. The van der Waals surface area contributed by atoms with Gasteiger partial charge in [0.15, 0.2) is 23.8 Å². The molecular formula is C55H83NO6. The van der Waals surface area contributed by atoms with Gasteiger partial charge < -0.3 is 14.4 Å². The van der Waals surface area contributed by atoms with Crippen molar-refractivity contribution in [3.05, 3.63) is 130 Å². The van der Waals surface area contributed by atoms with Gasteiger partial charge in [0.25, 0.3) is 0 Å². The van der Waals surface area contributed by atoms with Crippen LogP contribution in [0, 0.1) is 10.8 Å². The first-order chi connectivity index (χ1) is 29.2. The molecule has 0 amide bonds. The highest BCUT2D eigenvalue weighted by Gasteiger charge is 2.41. The highest BCUT2D eigenvalue weighted by Crippen LogP contribution is 2.42. The molecule has 0 aliphatic heterocycles. The summed E-state index contributed by atoms with van der Waals surface area (Å²) in [6, 6.07) is 0. The molecule has 0 aromatic rings. The Morgan fingerprint density at radius 3 is 1.29 bits per heavy atom. The monoisotopic (exact) mass is 854 g/mol. The van der Waals surface area contributed by atoms with E-state index >= 15 is 0 Å². The van der Waals surface area contributed by atoms with Gasteiger partial charge in [0.1, 0.15) is 0 Å². The molecule has 2 unspecified atom stereocenters. The minimum absolute atomic E-state index is 0.104. The van der Waals surface area contributed by atoms with Gasteiger partial charge in [-0.2, -0.15) is 0 Å². The minimum atomic E-state index is -0.734. The van der Waals surface area contributed by atoms with E-state index in [9.17, 15) is 19.2 Å². The Bertz CT molecular complexity index is 1840. The molecular weight excluding hydrogens is 771 g/mol. The molecule has 0 heterocycles. The number of ketones is 2. The zero-order chi connectivity index (χ0) is 47.6. The van der Waals surface area contributed by atoms with E-state index in [0.29, 0.717) is 43.3 Å². The molecule has 0 bridgehead atoms. The zero-order valence-corrected chi connectivity index (χ0v) is 41.8. The van der Waals surface area contributed by atoms with Crippen molar-refractivity contribution < 1.29 is 28.7 Å². The predicted molar refractivity (Wildman–Crippen MR) is 263 cm³/mol. The number of carbonyl (C=O) groups is 4. The first-order valence-electron chi connectivity index (χ1n) is 22.8. The fourth-order valence-corrected chi connectivity index (χ4v) is 7.05. The summed E-state index contributed by atoms with van der Waals surface area (Å²) in [5, 5.41) is 0. The van der Waals surface area contributed by atoms with Crippen molar-refractivity contribution in [2.24, 2.45) is 10.8 Å². The second-order valence-electron chi connectivity index (χ2n) is 17.4. The molecule has 7 nitrogen and oxygen atoms in total. The number of rotatable bonds is 19. The summed E-state index contributed by atoms with van der Waals surface area (Å²) in [7, 11) is 3.93. The molecule has 2 atom stereocenters. The van der Waals surface area contributed by atoms with Crippen molar-refractivity contribution in [3.63, 3.8) is 0 Å². The lowest BCUT2D eigenvalue weighted by Crippen LogP contribution is -2.39. The van der Waals surface area contributed by atoms with E-state index < -0.39 is 12.2 Å². The predicted octanol–water partition coefficient (Wildman–Crippen LogP) is 13.6. The number of esters is 2. The van der Waals surface area contributed by atoms with Crippen LogP contribution in [0.25, 0.3) is 0 Å². The lowest BCUT2D eigenvalue weighted by Gasteiger charge is -2.36. The van der Waals surface area contributed by atoms with Gasteiger partial charge in [-0.25, -0.2) is 0 Å². The average molecular weight is 854 g/mol. The summed E-state index contributed by atoms with van der Waals surface area (Å²) in [6.45, 7) is 31.0. The van der Waals surface area contributed by atoms with Crippen LogP contribution in [0.2, 0.25) is 0 Å². The number of carbonyl (C=O) groups excluding carboxylic acids is 4. The van der Waals surface area contributed by atoms with Gasteiger partial charge in [0.05, 0.1) is 0 Å². The molecule has 0 radical (unpaired) electrons. The van der Waals surface area contributed by atoms with Crippen LogP contribution in [-0.2, 0) is 28.7 Å². The third kappa shape index (κ3) is 21.0. The molecule has 0 saturated carbocycles. The molecule has 2 aliphatic carbocycles.